The van der Waals surface area contributed by atoms with Crippen molar-refractivity contribution in [2.75, 3.05) is 26.2 Å². The third-order valence-electron chi connectivity index (χ3n) is 4.79. The Labute approximate surface area is 151 Å². The number of hydrogen-bond acceptors (Lipinski definition) is 4. The zero-order chi connectivity index (χ0) is 18.4. The van der Waals surface area contributed by atoms with E-state index in [0.717, 1.165) is 31.5 Å². The molecule has 0 bridgehead atoms. The van der Waals surface area contributed by atoms with Gasteiger partial charge < -0.3 is 10.6 Å². The van der Waals surface area contributed by atoms with Crippen LogP contribution in [0.5, 0.6) is 0 Å². The lowest BCUT2D eigenvalue weighted by Gasteiger charge is -2.30. The summed E-state index contributed by atoms with van der Waals surface area (Å²) in [5.41, 5.74) is 6.83. The van der Waals surface area contributed by atoms with Gasteiger partial charge in [-0.15, -0.1) is 0 Å². The number of rotatable bonds is 7. The molecule has 0 unspecified atom stereocenters. The molecule has 1 amide bonds. The molecule has 1 aliphatic rings. The van der Waals surface area contributed by atoms with E-state index in [4.69, 9.17) is 5.73 Å². The second-order valence-corrected chi connectivity index (χ2v) is 8.39. The van der Waals surface area contributed by atoms with Crippen LogP contribution >= 0.6 is 0 Å². The number of nitrogens with zero attached hydrogens (tertiary/aromatic N) is 2. The van der Waals surface area contributed by atoms with Crippen molar-refractivity contribution in [1.82, 2.24) is 9.21 Å². The molecule has 6 nitrogen and oxygen atoms in total. The molecule has 7 heteroatoms. The molecule has 1 saturated heterocycles. The largest absolute Gasteiger partial charge is 0.343 e. The maximum Gasteiger partial charge on any atom is 0.243 e. The van der Waals surface area contributed by atoms with Gasteiger partial charge >= 0.3 is 0 Å². The normalized spacial score (nSPS) is 16.4. The second-order valence-electron chi connectivity index (χ2n) is 6.45. The Kier molecular flexibility index (Phi) is 6.98. The second kappa shape index (κ2) is 8.78. The van der Waals surface area contributed by atoms with Crippen LogP contribution < -0.4 is 5.73 Å². The van der Waals surface area contributed by atoms with Gasteiger partial charge in [0.1, 0.15) is 0 Å². The number of nitrogens with two attached hydrogens (primary N) is 1. The van der Waals surface area contributed by atoms with Gasteiger partial charge in [-0.05, 0) is 37.0 Å². The predicted octanol–water partition coefficient (Wildman–Crippen LogP) is 1.60. The molecule has 1 aromatic rings. The van der Waals surface area contributed by atoms with Crippen molar-refractivity contribution >= 4 is 15.9 Å². The van der Waals surface area contributed by atoms with Gasteiger partial charge in [0.25, 0.3) is 0 Å². The van der Waals surface area contributed by atoms with E-state index < -0.39 is 10.0 Å². The summed E-state index contributed by atoms with van der Waals surface area (Å²) in [7, 11) is -3.43. The average molecular weight is 368 g/mol. The summed E-state index contributed by atoms with van der Waals surface area (Å²) >= 11 is 0. The van der Waals surface area contributed by atoms with Gasteiger partial charge in [-0.25, -0.2) is 8.42 Å². The van der Waals surface area contributed by atoms with E-state index in [9.17, 15) is 13.2 Å². The van der Waals surface area contributed by atoms with Crippen LogP contribution in [0.3, 0.4) is 0 Å². The zero-order valence-corrected chi connectivity index (χ0v) is 16.0. The fraction of sp³-hybridized carbons (Fsp3) is 0.611. The Morgan fingerprint density at radius 3 is 2.24 bits per heavy atom. The molecule has 0 aliphatic carbocycles. The lowest BCUT2D eigenvalue weighted by atomic mass is 10.0. The molecule has 25 heavy (non-hydrogen) atoms. The van der Waals surface area contributed by atoms with E-state index in [1.165, 1.54) is 4.31 Å². The molecule has 2 rings (SSSR count). The molecule has 1 aliphatic heterocycles. The highest BCUT2D eigenvalue weighted by molar-refractivity contribution is 7.89. The molecule has 0 aromatic heterocycles. The maximum atomic E-state index is 12.5. The monoisotopic (exact) mass is 367 g/mol. The Morgan fingerprint density at radius 2 is 1.72 bits per heavy atom. The molecule has 140 valence electrons. The van der Waals surface area contributed by atoms with Gasteiger partial charge in [0.15, 0.2) is 0 Å². The minimum Gasteiger partial charge on any atom is -0.343 e. The van der Waals surface area contributed by atoms with E-state index in [-0.39, 0.29) is 11.9 Å². The summed E-state index contributed by atoms with van der Waals surface area (Å²) < 4.78 is 26.4. The van der Waals surface area contributed by atoms with Crippen molar-refractivity contribution < 1.29 is 13.2 Å². The third kappa shape index (κ3) is 5.03. The van der Waals surface area contributed by atoms with Gasteiger partial charge in [-0.3, -0.25) is 4.79 Å². The minimum absolute atomic E-state index is 0.145. The SMILES string of the molecule is CCN(CC)S(=O)(=O)c1ccc(CCC(=O)N2CCC(N)CC2)cc1. The maximum absolute atomic E-state index is 12.5. The summed E-state index contributed by atoms with van der Waals surface area (Å²) in [5, 5.41) is 0. The fourth-order valence-electron chi connectivity index (χ4n) is 3.10. The molecule has 0 spiro atoms. The third-order valence-corrected chi connectivity index (χ3v) is 6.85. The molecular formula is C18H29N3O3S. The number of carbonyl (C=O) groups excluding carboxylic acids is 1. The van der Waals surface area contributed by atoms with E-state index in [1.807, 2.05) is 18.7 Å². The first-order valence-corrected chi connectivity index (χ1v) is 10.4. The summed E-state index contributed by atoms with van der Waals surface area (Å²) in [6.07, 6.45) is 2.79. The van der Waals surface area contributed by atoms with E-state index in [1.54, 1.807) is 24.3 Å². The van der Waals surface area contributed by atoms with Crippen LogP contribution in [0.1, 0.15) is 38.7 Å². The number of benzene rings is 1. The summed E-state index contributed by atoms with van der Waals surface area (Å²) in [4.78, 5) is 14.4. The molecule has 0 saturated carbocycles. The van der Waals surface area contributed by atoms with Crippen LogP contribution in [-0.4, -0.2) is 55.8 Å². The highest BCUT2D eigenvalue weighted by atomic mass is 32.2. The van der Waals surface area contributed by atoms with Crippen molar-refractivity contribution in [3.63, 3.8) is 0 Å². The molecule has 0 radical (unpaired) electrons. The molecule has 1 aromatic carbocycles. The lowest BCUT2D eigenvalue weighted by molar-refractivity contribution is -0.132. The van der Waals surface area contributed by atoms with Crippen LogP contribution in [-0.2, 0) is 21.2 Å². The Hall–Kier alpha value is -1.44. The fourth-order valence-corrected chi connectivity index (χ4v) is 4.56. The van der Waals surface area contributed by atoms with E-state index >= 15 is 0 Å². The first-order valence-electron chi connectivity index (χ1n) is 9.01. The molecule has 0 atom stereocenters. The number of hydrogen-bond donors (Lipinski definition) is 1. The lowest BCUT2D eigenvalue weighted by Crippen LogP contribution is -2.42. The summed E-state index contributed by atoms with van der Waals surface area (Å²) in [6, 6.07) is 7.08. The number of piperidine rings is 1. The summed E-state index contributed by atoms with van der Waals surface area (Å²) in [6.45, 7) is 6.04. The average Bonchev–Trinajstić information content (AvgIpc) is 2.61. The van der Waals surface area contributed by atoms with Crippen LogP contribution in [0.25, 0.3) is 0 Å². The van der Waals surface area contributed by atoms with Crippen molar-refractivity contribution in [1.29, 1.82) is 0 Å². The van der Waals surface area contributed by atoms with Gasteiger partial charge in [0.2, 0.25) is 15.9 Å². The zero-order valence-electron chi connectivity index (χ0n) is 15.1. The minimum atomic E-state index is -3.43. The number of likely N-dealkylation sites (tertiary alicyclic amines) is 1. The highest BCUT2D eigenvalue weighted by Crippen LogP contribution is 2.17. The van der Waals surface area contributed by atoms with Crippen molar-refractivity contribution in [3.8, 4) is 0 Å². The summed E-state index contributed by atoms with van der Waals surface area (Å²) in [5.74, 6) is 0.145. The Bertz CT molecular complexity index is 661. The van der Waals surface area contributed by atoms with Crippen molar-refractivity contribution in [3.05, 3.63) is 29.8 Å². The van der Waals surface area contributed by atoms with E-state index in [2.05, 4.69) is 0 Å². The van der Waals surface area contributed by atoms with E-state index in [0.29, 0.717) is 30.8 Å². The molecule has 1 fully saturated rings. The van der Waals surface area contributed by atoms with Gasteiger partial charge in [0.05, 0.1) is 4.90 Å². The van der Waals surface area contributed by atoms with Gasteiger partial charge in [0, 0.05) is 38.6 Å². The van der Waals surface area contributed by atoms with Gasteiger partial charge in [-0.2, -0.15) is 4.31 Å². The Morgan fingerprint density at radius 1 is 1.16 bits per heavy atom. The first-order chi connectivity index (χ1) is 11.9. The smallest absolute Gasteiger partial charge is 0.243 e. The molecule has 2 N–H and O–H groups in total. The number of carbonyl (C=O) groups is 1. The number of amides is 1. The predicted molar refractivity (Wildman–Crippen MR) is 98.7 cm³/mol. The number of sulfonamides is 1. The number of aryl methyl sites for hydroxylation is 1. The highest BCUT2D eigenvalue weighted by Gasteiger charge is 2.22. The van der Waals surface area contributed by atoms with Crippen LogP contribution in [0.4, 0.5) is 0 Å². The standard InChI is InChI=1S/C18H29N3O3S/c1-3-21(4-2)25(23,24)17-8-5-15(6-9-17)7-10-18(22)20-13-11-16(19)12-14-20/h5-6,8-9,16H,3-4,7,10-14,19H2,1-2H3. The van der Waals surface area contributed by atoms with Crippen LogP contribution in [0.2, 0.25) is 0 Å². The van der Waals surface area contributed by atoms with Crippen molar-refractivity contribution in [2.45, 2.75) is 50.5 Å². The van der Waals surface area contributed by atoms with Crippen molar-refractivity contribution in [2.24, 2.45) is 5.73 Å². The molecule has 1 heterocycles. The topological polar surface area (TPSA) is 83.7 Å². The van der Waals surface area contributed by atoms with Gasteiger partial charge in [-0.1, -0.05) is 26.0 Å². The Balaban J connectivity index is 1.93. The quantitative estimate of drug-likeness (QED) is 0.793. The first kappa shape index (κ1) is 19.9. The molecular weight excluding hydrogens is 338 g/mol. The van der Waals surface area contributed by atoms with Crippen LogP contribution in [0, 0.1) is 0 Å². The van der Waals surface area contributed by atoms with Crippen LogP contribution in [0.15, 0.2) is 29.2 Å².